The third-order valence-electron chi connectivity index (χ3n) is 5.40. The molecular formula is C22H34IN5S. The number of hydrogen-bond donors (Lipinski definition) is 2. The van der Waals surface area contributed by atoms with Gasteiger partial charge in [0.1, 0.15) is 0 Å². The summed E-state index contributed by atoms with van der Waals surface area (Å²) in [6, 6.07) is 8.96. The third kappa shape index (κ3) is 7.53. The van der Waals surface area contributed by atoms with Gasteiger partial charge in [0.05, 0.1) is 17.2 Å². The lowest BCUT2D eigenvalue weighted by Gasteiger charge is -2.30. The van der Waals surface area contributed by atoms with Crippen molar-refractivity contribution in [2.24, 2.45) is 10.9 Å². The fourth-order valence-corrected chi connectivity index (χ4v) is 4.43. The van der Waals surface area contributed by atoms with Gasteiger partial charge in [-0.25, -0.2) is 4.98 Å². The SMILES string of the molecule is CN=C(NCc1ccc(CN2CCC(C)CC2)cc1)NCc1sc(C)nc1C.I. The minimum atomic E-state index is 0. The Morgan fingerprint density at radius 2 is 1.72 bits per heavy atom. The standard InChI is InChI=1S/C22H33N5S.HI/c1-16-9-11-27(12-10-16)15-20-7-5-19(6-8-20)13-24-22(23-4)25-14-21-17(2)26-18(3)28-21;/h5-8,16H,9-15H2,1-4H3,(H2,23,24,25);1H. The summed E-state index contributed by atoms with van der Waals surface area (Å²) in [7, 11) is 1.81. The van der Waals surface area contributed by atoms with Crippen molar-refractivity contribution in [1.29, 1.82) is 0 Å². The number of aryl methyl sites for hydroxylation is 2. The van der Waals surface area contributed by atoms with Gasteiger partial charge in [-0.3, -0.25) is 9.89 Å². The van der Waals surface area contributed by atoms with Crippen molar-refractivity contribution in [1.82, 2.24) is 20.5 Å². The first-order valence-corrected chi connectivity index (χ1v) is 11.0. The molecule has 0 saturated carbocycles. The zero-order chi connectivity index (χ0) is 19.9. The first-order chi connectivity index (χ1) is 13.5. The summed E-state index contributed by atoms with van der Waals surface area (Å²) in [4.78, 5) is 12.6. The lowest BCUT2D eigenvalue weighted by atomic mass is 9.99. The van der Waals surface area contributed by atoms with Crippen molar-refractivity contribution in [3.63, 3.8) is 0 Å². The lowest BCUT2D eigenvalue weighted by molar-refractivity contribution is 0.185. The molecular weight excluding hydrogens is 493 g/mol. The van der Waals surface area contributed by atoms with E-state index in [2.05, 4.69) is 63.6 Å². The number of rotatable bonds is 6. The fraction of sp³-hybridized carbons (Fsp3) is 0.545. The third-order valence-corrected chi connectivity index (χ3v) is 6.48. The molecule has 2 N–H and O–H groups in total. The van der Waals surface area contributed by atoms with Gasteiger partial charge in [0, 0.05) is 25.0 Å². The van der Waals surface area contributed by atoms with E-state index >= 15 is 0 Å². The van der Waals surface area contributed by atoms with Crippen LogP contribution in [-0.4, -0.2) is 36.0 Å². The highest BCUT2D eigenvalue weighted by atomic mass is 127. The number of thiazole rings is 1. The molecule has 29 heavy (non-hydrogen) atoms. The van der Waals surface area contributed by atoms with Gasteiger partial charge in [-0.05, 0) is 56.8 Å². The highest BCUT2D eigenvalue weighted by molar-refractivity contribution is 14.0. The molecule has 2 heterocycles. The van der Waals surface area contributed by atoms with E-state index < -0.39 is 0 Å². The van der Waals surface area contributed by atoms with Gasteiger partial charge in [-0.2, -0.15) is 0 Å². The number of benzene rings is 1. The molecule has 5 nitrogen and oxygen atoms in total. The van der Waals surface area contributed by atoms with Crippen LogP contribution in [0.25, 0.3) is 0 Å². The average molecular weight is 528 g/mol. The molecule has 1 fully saturated rings. The van der Waals surface area contributed by atoms with Crippen molar-refractivity contribution < 1.29 is 0 Å². The van der Waals surface area contributed by atoms with Gasteiger partial charge in [-0.1, -0.05) is 31.2 Å². The van der Waals surface area contributed by atoms with Crippen molar-refractivity contribution in [2.45, 2.75) is 53.2 Å². The molecule has 1 saturated heterocycles. The van der Waals surface area contributed by atoms with Gasteiger partial charge in [0.25, 0.3) is 0 Å². The maximum absolute atomic E-state index is 4.48. The largest absolute Gasteiger partial charge is 0.352 e. The van der Waals surface area contributed by atoms with Crippen LogP contribution in [0.3, 0.4) is 0 Å². The van der Waals surface area contributed by atoms with Gasteiger partial charge >= 0.3 is 0 Å². The molecule has 0 bridgehead atoms. The van der Waals surface area contributed by atoms with Gasteiger partial charge in [-0.15, -0.1) is 35.3 Å². The predicted molar refractivity (Wildman–Crippen MR) is 134 cm³/mol. The Bertz CT molecular complexity index is 779. The van der Waals surface area contributed by atoms with E-state index in [0.717, 1.165) is 42.2 Å². The molecule has 0 atom stereocenters. The predicted octanol–water partition coefficient (Wildman–Crippen LogP) is 4.48. The van der Waals surface area contributed by atoms with E-state index in [1.807, 2.05) is 14.0 Å². The lowest BCUT2D eigenvalue weighted by Crippen LogP contribution is -2.36. The van der Waals surface area contributed by atoms with Crippen molar-refractivity contribution >= 4 is 41.3 Å². The molecule has 0 unspecified atom stereocenters. The van der Waals surface area contributed by atoms with Crippen molar-refractivity contribution in [2.75, 3.05) is 20.1 Å². The Kier molecular flexibility index (Phi) is 9.85. The number of nitrogens with zero attached hydrogens (tertiary/aromatic N) is 3. The van der Waals surface area contributed by atoms with E-state index in [4.69, 9.17) is 0 Å². The minimum Gasteiger partial charge on any atom is -0.352 e. The summed E-state index contributed by atoms with van der Waals surface area (Å²) >= 11 is 1.74. The zero-order valence-corrected chi connectivity index (χ0v) is 21.1. The molecule has 1 aromatic heterocycles. The normalized spacial score (nSPS) is 15.8. The van der Waals surface area contributed by atoms with Crippen molar-refractivity contribution in [3.8, 4) is 0 Å². The van der Waals surface area contributed by atoms with Crippen LogP contribution in [0.1, 0.15) is 46.5 Å². The number of hydrogen-bond acceptors (Lipinski definition) is 4. The molecule has 1 aliphatic heterocycles. The van der Waals surface area contributed by atoms with E-state index in [1.165, 1.54) is 41.9 Å². The smallest absolute Gasteiger partial charge is 0.191 e. The second kappa shape index (κ2) is 11.9. The summed E-state index contributed by atoms with van der Waals surface area (Å²) in [6.45, 7) is 11.5. The molecule has 0 amide bonds. The van der Waals surface area contributed by atoms with Crippen LogP contribution in [0.5, 0.6) is 0 Å². The molecule has 2 aromatic rings. The molecule has 7 heteroatoms. The second-order valence-electron chi connectivity index (χ2n) is 7.80. The van der Waals surface area contributed by atoms with Crippen LogP contribution in [0.4, 0.5) is 0 Å². The molecule has 0 aliphatic carbocycles. The van der Waals surface area contributed by atoms with Crippen LogP contribution in [0.2, 0.25) is 0 Å². The van der Waals surface area contributed by atoms with E-state index in [-0.39, 0.29) is 24.0 Å². The number of likely N-dealkylation sites (tertiary alicyclic amines) is 1. The molecule has 1 aliphatic rings. The molecule has 3 rings (SSSR count). The fourth-order valence-electron chi connectivity index (χ4n) is 3.55. The Morgan fingerprint density at radius 3 is 2.31 bits per heavy atom. The maximum atomic E-state index is 4.48. The summed E-state index contributed by atoms with van der Waals surface area (Å²) in [5.41, 5.74) is 3.77. The van der Waals surface area contributed by atoms with E-state index in [0.29, 0.717) is 0 Å². The van der Waals surface area contributed by atoms with Crippen LogP contribution < -0.4 is 10.6 Å². The number of aromatic nitrogens is 1. The number of nitrogens with one attached hydrogen (secondary N) is 2. The average Bonchev–Trinajstić information content (AvgIpc) is 3.02. The summed E-state index contributed by atoms with van der Waals surface area (Å²) < 4.78 is 0. The summed E-state index contributed by atoms with van der Waals surface area (Å²) in [6.07, 6.45) is 2.66. The zero-order valence-electron chi connectivity index (χ0n) is 18.0. The number of guanidine groups is 1. The first-order valence-electron chi connectivity index (χ1n) is 10.2. The second-order valence-corrected chi connectivity index (χ2v) is 9.08. The van der Waals surface area contributed by atoms with E-state index in [1.54, 1.807) is 11.3 Å². The van der Waals surface area contributed by atoms with Crippen molar-refractivity contribution in [3.05, 3.63) is 51.0 Å². The van der Waals surface area contributed by atoms with E-state index in [9.17, 15) is 0 Å². The highest BCUT2D eigenvalue weighted by Crippen LogP contribution is 2.18. The summed E-state index contributed by atoms with van der Waals surface area (Å²) in [5, 5.41) is 7.89. The van der Waals surface area contributed by atoms with Crippen LogP contribution in [-0.2, 0) is 19.6 Å². The number of aliphatic imine (C=N–C) groups is 1. The maximum Gasteiger partial charge on any atom is 0.191 e. The molecule has 160 valence electrons. The monoisotopic (exact) mass is 527 g/mol. The minimum absolute atomic E-state index is 0. The van der Waals surface area contributed by atoms with Gasteiger partial charge in [0.15, 0.2) is 5.96 Å². The Morgan fingerprint density at radius 1 is 1.10 bits per heavy atom. The first kappa shape index (κ1) is 24.1. The van der Waals surface area contributed by atoms with Crippen LogP contribution in [0.15, 0.2) is 29.3 Å². The van der Waals surface area contributed by atoms with Crippen LogP contribution >= 0.6 is 35.3 Å². The Hall–Kier alpha value is -1.19. The van der Waals surface area contributed by atoms with Crippen LogP contribution in [0, 0.1) is 19.8 Å². The number of piperidine rings is 1. The topological polar surface area (TPSA) is 52.6 Å². The Balaban J connectivity index is 0.00000300. The quantitative estimate of drug-likeness (QED) is 0.331. The Labute approximate surface area is 196 Å². The summed E-state index contributed by atoms with van der Waals surface area (Å²) in [5.74, 6) is 1.70. The van der Waals surface area contributed by atoms with Gasteiger partial charge < -0.3 is 10.6 Å². The molecule has 0 radical (unpaired) electrons. The van der Waals surface area contributed by atoms with Gasteiger partial charge in [0.2, 0.25) is 0 Å². The molecule has 0 spiro atoms. The molecule has 1 aromatic carbocycles. The number of halogens is 1. The highest BCUT2D eigenvalue weighted by Gasteiger charge is 2.15.